The molecule has 140 valence electrons. The Kier molecular flexibility index (Phi) is 7.36. The van der Waals surface area contributed by atoms with Crippen LogP contribution in [0.25, 0.3) is 6.08 Å². The molecule has 1 aliphatic heterocycles. The van der Waals surface area contributed by atoms with Gasteiger partial charge in [-0.3, -0.25) is 9.69 Å². The van der Waals surface area contributed by atoms with Gasteiger partial charge in [0.25, 0.3) is 5.91 Å². The van der Waals surface area contributed by atoms with Gasteiger partial charge in [0.05, 0.1) is 19.1 Å². The number of hydrogen-bond donors (Lipinski definition) is 1. The number of rotatable bonds is 8. The molecular formula is C17H19NO5S3. The maximum atomic E-state index is 12.7. The van der Waals surface area contributed by atoms with Crippen molar-refractivity contribution < 1.29 is 24.2 Å². The molecule has 0 bridgehead atoms. The molecule has 9 heteroatoms. The van der Waals surface area contributed by atoms with Gasteiger partial charge in [-0.05, 0) is 42.2 Å². The highest BCUT2D eigenvalue weighted by molar-refractivity contribution is 8.26. The second kappa shape index (κ2) is 9.29. The van der Waals surface area contributed by atoms with Crippen LogP contribution in [0.5, 0.6) is 11.5 Å². The molecule has 1 aromatic rings. The van der Waals surface area contributed by atoms with Gasteiger partial charge in [-0.15, -0.1) is 0 Å². The number of carboxylic acid groups (broad SMARTS) is 1. The summed E-state index contributed by atoms with van der Waals surface area (Å²) in [5.74, 6) is 0.314. The second-order valence-corrected chi connectivity index (χ2v) is 7.96. The van der Waals surface area contributed by atoms with Crippen molar-refractivity contribution in [2.75, 3.05) is 26.2 Å². The Morgan fingerprint density at radius 2 is 2.08 bits per heavy atom. The summed E-state index contributed by atoms with van der Waals surface area (Å²) in [6.45, 7) is 0. The predicted molar refractivity (Wildman–Crippen MR) is 109 cm³/mol. The molecular weight excluding hydrogens is 394 g/mol. The van der Waals surface area contributed by atoms with Crippen LogP contribution in [0.3, 0.4) is 0 Å². The number of hydrogen-bond acceptors (Lipinski definition) is 7. The monoisotopic (exact) mass is 413 g/mol. The van der Waals surface area contributed by atoms with Crippen molar-refractivity contribution >= 4 is 58.0 Å². The molecule has 1 N–H and O–H groups in total. The van der Waals surface area contributed by atoms with Gasteiger partial charge in [-0.1, -0.05) is 30.0 Å². The first-order chi connectivity index (χ1) is 12.4. The molecule has 1 atom stereocenters. The van der Waals surface area contributed by atoms with E-state index in [1.54, 1.807) is 31.4 Å². The topological polar surface area (TPSA) is 76.1 Å². The SMILES string of the molecule is COc1ccc(/C=C2\SC(=S)N([C@H](CCSC)C(=O)O)C2=O)cc1OC. The summed E-state index contributed by atoms with van der Waals surface area (Å²) in [5, 5.41) is 9.48. The standard InChI is InChI=1S/C17H19NO5S3/c1-22-12-5-4-10(8-13(12)23-2)9-14-15(19)18(17(24)26-14)11(16(20)21)6-7-25-3/h4-5,8-9,11H,6-7H2,1-3H3,(H,20,21)/b14-9-/t11-/m1/s1. The number of nitrogens with zero attached hydrogens (tertiary/aromatic N) is 1. The van der Waals surface area contributed by atoms with Crippen LogP contribution in [-0.2, 0) is 9.59 Å². The molecule has 26 heavy (non-hydrogen) atoms. The van der Waals surface area contributed by atoms with Gasteiger partial charge < -0.3 is 14.6 Å². The maximum absolute atomic E-state index is 12.7. The van der Waals surface area contributed by atoms with Crippen LogP contribution in [-0.4, -0.2) is 58.5 Å². The zero-order chi connectivity index (χ0) is 19.3. The van der Waals surface area contributed by atoms with Crippen molar-refractivity contribution in [3.63, 3.8) is 0 Å². The van der Waals surface area contributed by atoms with E-state index in [4.69, 9.17) is 21.7 Å². The molecule has 2 rings (SSSR count). The Bertz CT molecular complexity index is 750. The summed E-state index contributed by atoms with van der Waals surface area (Å²) < 4.78 is 10.7. The van der Waals surface area contributed by atoms with E-state index in [1.165, 1.54) is 23.8 Å². The number of carbonyl (C=O) groups is 2. The summed E-state index contributed by atoms with van der Waals surface area (Å²) in [7, 11) is 3.08. The third kappa shape index (κ3) is 4.52. The third-order valence-corrected chi connectivity index (χ3v) is 5.70. The van der Waals surface area contributed by atoms with E-state index in [-0.39, 0.29) is 10.2 Å². The second-order valence-electron chi connectivity index (χ2n) is 5.30. The van der Waals surface area contributed by atoms with Crippen LogP contribution in [0.4, 0.5) is 0 Å². The lowest BCUT2D eigenvalue weighted by atomic mass is 10.1. The van der Waals surface area contributed by atoms with Crippen molar-refractivity contribution in [2.45, 2.75) is 12.5 Å². The Morgan fingerprint density at radius 3 is 2.65 bits per heavy atom. The Balaban J connectivity index is 2.29. The minimum Gasteiger partial charge on any atom is -0.493 e. The van der Waals surface area contributed by atoms with Crippen molar-refractivity contribution in [1.82, 2.24) is 4.90 Å². The molecule has 1 aromatic carbocycles. The zero-order valence-corrected chi connectivity index (χ0v) is 17.0. The lowest BCUT2D eigenvalue weighted by molar-refractivity contribution is -0.145. The molecule has 6 nitrogen and oxygen atoms in total. The number of thioether (sulfide) groups is 2. The first kappa shape index (κ1) is 20.6. The highest BCUT2D eigenvalue weighted by Gasteiger charge is 2.40. The molecule has 0 unspecified atom stereocenters. The van der Waals surface area contributed by atoms with Crippen LogP contribution < -0.4 is 9.47 Å². The van der Waals surface area contributed by atoms with E-state index < -0.39 is 12.0 Å². The van der Waals surface area contributed by atoms with E-state index in [0.29, 0.717) is 28.6 Å². The largest absolute Gasteiger partial charge is 0.493 e. The molecule has 0 aromatic heterocycles. The fourth-order valence-corrected chi connectivity index (χ4v) is 4.25. The van der Waals surface area contributed by atoms with Crippen LogP contribution in [0, 0.1) is 0 Å². The number of methoxy groups -OCH3 is 2. The van der Waals surface area contributed by atoms with Gasteiger partial charge in [0, 0.05) is 0 Å². The van der Waals surface area contributed by atoms with E-state index in [9.17, 15) is 14.7 Å². The molecule has 0 radical (unpaired) electrons. The summed E-state index contributed by atoms with van der Waals surface area (Å²) >= 11 is 7.89. The fraction of sp³-hybridized carbons (Fsp3) is 0.353. The van der Waals surface area contributed by atoms with Gasteiger partial charge >= 0.3 is 5.97 Å². The third-order valence-electron chi connectivity index (χ3n) is 3.72. The first-order valence-electron chi connectivity index (χ1n) is 7.63. The van der Waals surface area contributed by atoms with Crippen molar-refractivity contribution in [3.05, 3.63) is 28.7 Å². The van der Waals surface area contributed by atoms with E-state index in [2.05, 4.69) is 0 Å². The molecule has 1 heterocycles. The average molecular weight is 414 g/mol. The molecule has 1 aliphatic rings. The van der Waals surface area contributed by atoms with Gasteiger partial charge in [-0.25, -0.2) is 4.79 Å². The van der Waals surface area contributed by atoms with Crippen LogP contribution in [0.15, 0.2) is 23.1 Å². The Labute approximate surface area is 165 Å². The molecule has 1 amide bonds. The Hall–Kier alpha value is -1.71. The normalized spacial score (nSPS) is 16.9. The smallest absolute Gasteiger partial charge is 0.326 e. The fourth-order valence-electron chi connectivity index (χ4n) is 2.43. The average Bonchev–Trinajstić information content (AvgIpc) is 2.89. The number of thiocarbonyl (C=S) groups is 1. The number of amides is 1. The summed E-state index contributed by atoms with van der Waals surface area (Å²) in [4.78, 5) is 25.9. The molecule has 0 aliphatic carbocycles. The van der Waals surface area contributed by atoms with Crippen LogP contribution in [0.2, 0.25) is 0 Å². The molecule has 1 fully saturated rings. The summed E-state index contributed by atoms with van der Waals surface area (Å²) in [6.07, 6.45) is 3.90. The molecule has 1 saturated heterocycles. The minimum atomic E-state index is -1.05. The zero-order valence-electron chi connectivity index (χ0n) is 14.6. The van der Waals surface area contributed by atoms with Gasteiger partial charge in [0.2, 0.25) is 0 Å². The number of benzene rings is 1. The Morgan fingerprint density at radius 1 is 1.38 bits per heavy atom. The van der Waals surface area contributed by atoms with E-state index >= 15 is 0 Å². The van der Waals surface area contributed by atoms with Crippen molar-refractivity contribution in [2.24, 2.45) is 0 Å². The first-order valence-corrected chi connectivity index (χ1v) is 10.3. The lowest BCUT2D eigenvalue weighted by Gasteiger charge is -2.22. The summed E-state index contributed by atoms with van der Waals surface area (Å²) in [5.41, 5.74) is 0.735. The summed E-state index contributed by atoms with van der Waals surface area (Å²) in [6, 6.07) is 4.32. The van der Waals surface area contributed by atoms with Crippen molar-refractivity contribution in [1.29, 1.82) is 0 Å². The van der Waals surface area contributed by atoms with E-state index in [0.717, 1.165) is 17.3 Å². The van der Waals surface area contributed by atoms with Gasteiger partial charge in [-0.2, -0.15) is 11.8 Å². The lowest BCUT2D eigenvalue weighted by Crippen LogP contribution is -2.44. The van der Waals surface area contributed by atoms with Gasteiger partial charge in [0.1, 0.15) is 10.4 Å². The molecule has 0 spiro atoms. The van der Waals surface area contributed by atoms with Crippen LogP contribution in [0.1, 0.15) is 12.0 Å². The van der Waals surface area contributed by atoms with Crippen LogP contribution >= 0.6 is 35.7 Å². The highest BCUT2D eigenvalue weighted by atomic mass is 32.2. The maximum Gasteiger partial charge on any atom is 0.326 e. The predicted octanol–water partition coefficient (Wildman–Crippen LogP) is 3.11. The highest BCUT2D eigenvalue weighted by Crippen LogP contribution is 2.36. The quantitative estimate of drug-likeness (QED) is 0.515. The molecule has 0 saturated carbocycles. The number of ether oxygens (including phenoxy) is 2. The number of carboxylic acids is 1. The van der Waals surface area contributed by atoms with Crippen molar-refractivity contribution in [3.8, 4) is 11.5 Å². The number of carbonyl (C=O) groups excluding carboxylic acids is 1. The minimum absolute atomic E-state index is 0.259. The number of aliphatic carboxylic acids is 1. The van der Waals surface area contributed by atoms with E-state index in [1.807, 2.05) is 6.26 Å². The van der Waals surface area contributed by atoms with Gasteiger partial charge in [0.15, 0.2) is 11.5 Å².